The minimum atomic E-state index is -4.48. The van der Waals surface area contributed by atoms with E-state index in [0.717, 1.165) is 6.07 Å². The number of hydrogen-bond acceptors (Lipinski definition) is 2. The predicted octanol–water partition coefficient (Wildman–Crippen LogP) is 5.37. The first-order valence-corrected chi connectivity index (χ1v) is 6.55. The summed E-state index contributed by atoms with van der Waals surface area (Å²) in [6, 6.07) is 11.6. The highest BCUT2D eigenvalue weighted by molar-refractivity contribution is 6.70. The zero-order valence-electron chi connectivity index (χ0n) is 10.5. The van der Waals surface area contributed by atoms with Crippen LogP contribution in [0.1, 0.15) is 11.1 Å². The largest absolute Gasteiger partial charge is 0.418 e. The van der Waals surface area contributed by atoms with Gasteiger partial charge in [0, 0.05) is 5.56 Å². The third-order valence-electron chi connectivity index (χ3n) is 2.60. The molecule has 0 unspecified atom stereocenters. The summed E-state index contributed by atoms with van der Waals surface area (Å²) in [4.78, 5) is 0. The Bertz CT molecular complexity index is 669. The molecule has 0 aromatic heterocycles. The lowest BCUT2D eigenvalue weighted by Crippen LogP contribution is -2.09. The number of benzene rings is 2. The number of anilines is 1. The van der Waals surface area contributed by atoms with Crippen molar-refractivity contribution in [2.75, 3.05) is 5.43 Å². The molecular formula is C14H9Cl2F3N2. The molecule has 21 heavy (non-hydrogen) atoms. The van der Waals surface area contributed by atoms with E-state index in [9.17, 15) is 13.2 Å². The smallest absolute Gasteiger partial charge is 0.276 e. The van der Waals surface area contributed by atoms with Gasteiger partial charge in [-0.2, -0.15) is 18.3 Å². The molecule has 0 atom stereocenters. The summed E-state index contributed by atoms with van der Waals surface area (Å²) in [5.74, 6) is 0. The van der Waals surface area contributed by atoms with Crippen molar-refractivity contribution >= 4 is 34.1 Å². The molecule has 0 aliphatic carbocycles. The van der Waals surface area contributed by atoms with Gasteiger partial charge in [0.15, 0.2) is 5.17 Å². The first-order valence-electron chi connectivity index (χ1n) is 5.80. The third kappa shape index (κ3) is 3.89. The van der Waals surface area contributed by atoms with Crippen molar-refractivity contribution in [3.63, 3.8) is 0 Å². The Balaban J connectivity index is 2.28. The highest BCUT2D eigenvalue weighted by Crippen LogP contribution is 2.34. The maximum absolute atomic E-state index is 12.8. The molecule has 110 valence electrons. The fraction of sp³-hybridized carbons (Fsp3) is 0.0714. The number of nitrogens with zero attached hydrogens (tertiary/aromatic N) is 1. The molecular weight excluding hydrogens is 324 g/mol. The van der Waals surface area contributed by atoms with Gasteiger partial charge in [0.1, 0.15) is 0 Å². The summed E-state index contributed by atoms with van der Waals surface area (Å²) in [5, 5.41) is 4.08. The second kappa shape index (κ2) is 6.37. The topological polar surface area (TPSA) is 24.4 Å². The second-order valence-corrected chi connectivity index (χ2v) is 4.80. The summed E-state index contributed by atoms with van der Waals surface area (Å²) in [6.07, 6.45) is -4.48. The minimum absolute atomic E-state index is 0.0300. The molecule has 2 aromatic carbocycles. The van der Waals surface area contributed by atoms with Crippen LogP contribution in [0.3, 0.4) is 0 Å². The van der Waals surface area contributed by atoms with Crippen LogP contribution in [0.2, 0.25) is 5.02 Å². The van der Waals surface area contributed by atoms with Crippen molar-refractivity contribution < 1.29 is 13.2 Å². The summed E-state index contributed by atoms with van der Waals surface area (Å²) >= 11 is 11.9. The molecule has 0 fully saturated rings. The molecule has 0 saturated carbocycles. The number of rotatable bonds is 3. The molecule has 2 aromatic rings. The van der Waals surface area contributed by atoms with E-state index in [4.69, 9.17) is 23.2 Å². The van der Waals surface area contributed by atoms with Gasteiger partial charge in [-0.25, -0.2) is 0 Å². The first-order chi connectivity index (χ1) is 9.89. The molecule has 0 saturated heterocycles. The van der Waals surface area contributed by atoms with Crippen molar-refractivity contribution in [2.24, 2.45) is 5.10 Å². The fourth-order valence-corrected chi connectivity index (χ4v) is 2.11. The van der Waals surface area contributed by atoms with E-state index in [1.165, 1.54) is 18.2 Å². The van der Waals surface area contributed by atoms with Crippen LogP contribution in [-0.4, -0.2) is 5.17 Å². The molecule has 0 aliphatic rings. The minimum Gasteiger partial charge on any atom is -0.276 e. The molecule has 1 N–H and O–H groups in total. The average molecular weight is 333 g/mol. The van der Waals surface area contributed by atoms with Crippen LogP contribution in [0.15, 0.2) is 53.6 Å². The molecule has 7 heteroatoms. The van der Waals surface area contributed by atoms with Crippen LogP contribution in [0.4, 0.5) is 18.9 Å². The number of nitrogens with one attached hydrogen (secondary N) is 1. The summed E-state index contributed by atoms with van der Waals surface area (Å²) in [5.41, 5.74) is 1.74. The van der Waals surface area contributed by atoms with Gasteiger partial charge in [-0.1, -0.05) is 53.5 Å². The quantitative estimate of drug-likeness (QED) is 0.592. The van der Waals surface area contributed by atoms with Gasteiger partial charge in [0.25, 0.3) is 0 Å². The molecule has 0 radical (unpaired) electrons. The lowest BCUT2D eigenvalue weighted by Gasteiger charge is -2.12. The SMILES string of the molecule is FC(F)(F)c1ccccc1NN=C(Cl)c1ccccc1Cl. The summed E-state index contributed by atoms with van der Waals surface area (Å²) < 4.78 is 38.5. The molecule has 2 nitrogen and oxygen atoms in total. The van der Waals surface area contributed by atoms with Crippen molar-refractivity contribution in [3.05, 3.63) is 64.7 Å². The Hall–Kier alpha value is -1.72. The van der Waals surface area contributed by atoms with E-state index in [-0.39, 0.29) is 10.9 Å². The number of halogens is 5. The Morgan fingerprint density at radius 2 is 1.62 bits per heavy atom. The zero-order chi connectivity index (χ0) is 15.5. The van der Waals surface area contributed by atoms with E-state index >= 15 is 0 Å². The van der Waals surface area contributed by atoms with E-state index in [1.807, 2.05) is 0 Å². The first kappa shape index (κ1) is 15.7. The maximum atomic E-state index is 12.8. The normalized spacial score (nSPS) is 12.3. The van der Waals surface area contributed by atoms with E-state index in [1.54, 1.807) is 24.3 Å². The molecule has 0 aliphatic heterocycles. The number of hydrogen-bond donors (Lipinski definition) is 1. The molecule has 0 amide bonds. The maximum Gasteiger partial charge on any atom is 0.418 e. The van der Waals surface area contributed by atoms with Crippen molar-refractivity contribution in [3.8, 4) is 0 Å². The van der Waals surface area contributed by atoms with Crippen molar-refractivity contribution in [1.82, 2.24) is 0 Å². The van der Waals surface area contributed by atoms with Crippen LogP contribution in [0, 0.1) is 0 Å². The van der Waals surface area contributed by atoms with Crippen LogP contribution in [0.25, 0.3) is 0 Å². The summed E-state index contributed by atoms with van der Waals surface area (Å²) in [7, 11) is 0. The molecule has 0 heterocycles. The van der Waals surface area contributed by atoms with E-state index in [2.05, 4.69) is 10.5 Å². The van der Waals surface area contributed by atoms with E-state index < -0.39 is 11.7 Å². The lowest BCUT2D eigenvalue weighted by molar-refractivity contribution is -0.136. The standard InChI is InChI=1S/C14H9Cl2F3N2/c15-11-7-3-1-5-9(11)13(16)21-20-12-8-4-2-6-10(12)14(17,18)19/h1-8,20H. The van der Waals surface area contributed by atoms with Crippen LogP contribution in [0.5, 0.6) is 0 Å². The summed E-state index contributed by atoms with van der Waals surface area (Å²) in [6.45, 7) is 0. The van der Waals surface area contributed by atoms with Gasteiger partial charge in [-0.3, -0.25) is 5.43 Å². The van der Waals surface area contributed by atoms with Crippen LogP contribution < -0.4 is 5.43 Å². The fourth-order valence-electron chi connectivity index (χ4n) is 1.63. The Labute approximate surface area is 129 Å². The third-order valence-corrected chi connectivity index (χ3v) is 3.22. The Kier molecular flexibility index (Phi) is 4.75. The van der Waals surface area contributed by atoms with Gasteiger partial charge in [0.2, 0.25) is 0 Å². The average Bonchev–Trinajstić information content (AvgIpc) is 2.44. The highest BCUT2D eigenvalue weighted by atomic mass is 35.5. The van der Waals surface area contributed by atoms with Gasteiger partial charge in [-0.05, 0) is 18.2 Å². The van der Waals surface area contributed by atoms with E-state index in [0.29, 0.717) is 10.6 Å². The van der Waals surface area contributed by atoms with Crippen molar-refractivity contribution in [1.29, 1.82) is 0 Å². The Morgan fingerprint density at radius 1 is 1.00 bits per heavy atom. The molecule has 0 spiro atoms. The monoisotopic (exact) mass is 332 g/mol. The van der Waals surface area contributed by atoms with Gasteiger partial charge in [0.05, 0.1) is 16.3 Å². The van der Waals surface area contributed by atoms with Crippen LogP contribution in [-0.2, 0) is 6.18 Å². The number of alkyl halides is 3. The van der Waals surface area contributed by atoms with Gasteiger partial charge < -0.3 is 0 Å². The van der Waals surface area contributed by atoms with Gasteiger partial charge >= 0.3 is 6.18 Å². The zero-order valence-corrected chi connectivity index (χ0v) is 12.0. The number of hydrazone groups is 1. The second-order valence-electron chi connectivity index (χ2n) is 4.04. The predicted molar refractivity (Wildman–Crippen MR) is 78.9 cm³/mol. The molecule has 2 rings (SSSR count). The lowest BCUT2D eigenvalue weighted by atomic mass is 10.2. The van der Waals surface area contributed by atoms with Crippen LogP contribution >= 0.6 is 23.2 Å². The highest BCUT2D eigenvalue weighted by Gasteiger charge is 2.33. The van der Waals surface area contributed by atoms with Crippen molar-refractivity contribution in [2.45, 2.75) is 6.18 Å². The number of para-hydroxylation sites is 1. The Morgan fingerprint density at radius 3 is 2.29 bits per heavy atom. The molecule has 0 bridgehead atoms. The van der Waals surface area contributed by atoms with Gasteiger partial charge in [-0.15, -0.1) is 0 Å².